The van der Waals surface area contributed by atoms with Gasteiger partial charge in [0.25, 0.3) is 5.91 Å². The van der Waals surface area contributed by atoms with E-state index in [0.29, 0.717) is 43.2 Å². The Labute approximate surface area is 144 Å². The van der Waals surface area contributed by atoms with Crippen LogP contribution in [0.3, 0.4) is 0 Å². The van der Waals surface area contributed by atoms with Gasteiger partial charge in [-0.25, -0.2) is 0 Å². The Morgan fingerprint density at radius 3 is 2.88 bits per heavy atom. The average Bonchev–Trinajstić information content (AvgIpc) is 2.77. The molecule has 1 saturated heterocycles. The summed E-state index contributed by atoms with van der Waals surface area (Å²) < 4.78 is 11.3. The molecule has 0 bridgehead atoms. The molecule has 2 N–H and O–H groups in total. The molecule has 1 aromatic carbocycles. The molecule has 0 spiro atoms. The van der Waals surface area contributed by atoms with Crippen LogP contribution in [0.25, 0.3) is 0 Å². The van der Waals surface area contributed by atoms with Gasteiger partial charge in [0.1, 0.15) is 12.6 Å². The zero-order valence-electron chi connectivity index (χ0n) is 13.9. The Bertz CT molecular complexity index is 776. The maximum Gasteiger partial charge on any atom is 0.259 e. The van der Waals surface area contributed by atoms with Crippen LogP contribution in [-0.4, -0.2) is 48.9 Å². The Hall–Kier alpha value is -2.61. The predicted octanol–water partition coefficient (Wildman–Crippen LogP) is -0.0618. The average molecular weight is 345 g/mol. The first-order chi connectivity index (χ1) is 12.1. The van der Waals surface area contributed by atoms with E-state index >= 15 is 0 Å². The fourth-order valence-corrected chi connectivity index (χ4v) is 3.68. The minimum absolute atomic E-state index is 0.233. The van der Waals surface area contributed by atoms with E-state index < -0.39 is 11.9 Å². The number of fused-ring (bicyclic) bond motifs is 2. The number of imide groups is 1. The topological polar surface area (TPSA) is 97.0 Å². The van der Waals surface area contributed by atoms with Gasteiger partial charge >= 0.3 is 0 Å². The first kappa shape index (κ1) is 15.9. The normalized spacial score (nSPS) is 22.7. The summed E-state index contributed by atoms with van der Waals surface area (Å²) in [5, 5.41) is 5.57. The standard InChI is InChI=1S/C17H19N3O5/c1-24-15-13-10(6-9-7-18-4-5-25-14(9)15)8-20(17(13)23)11-2-3-12(21)19-16(11)22/h6,11,18H,2-5,7-8H2,1H3,(H,19,21,22). The van der Waals surface area contributed by atoms with E-state index in [1.165, 1.54) is 12.0 Å². The maximum absolute atomic E-state index is 13.0. The third-order valence-corrected chi connectivity index (χ3v) is 4.84. The van der Waals surface area contributed by atoms with Gasteiger partial charge in [-0.2, -0.15) is 0 Å². The van der Waals surface area contributed by atoms with E-state index in [0.717, 1.165) is 17.7 Å². The number of methoxy groups -OCH3 is 1. The molecule has 4 rings (SSSR count). The van der Waals surface area contributed by atoms with Crippen molar-refractivity contribution in [3.8, 4) is 11.5 Å². The molecular weight excluding hydrogens is 326 g/mol. The molecule has 3 aliphatic heterocycles. The Kier molecular flexibility index (Phi) is 3.84. The summed E-state index contributed by atoms with van der Waals surface area (Å²) in [7, 11) is 1.51. The van der Waals surface area contributed by atoms with Crippen LogP contribution >= 0.6 is 0 Å². The van der Waals surface area contributed by atoms with Crippen LogP contribution in [0.15, 0.2) is 6.07 Å². The van der Waals surface area contributed by atoms with Crippen molar-refractivity contribution in [2.45, 2.75) is 32.0 Å². The van der Waals surface area contributed by atoms with Crippen molar-refractivity contribution < 1.29 is 23.9 Å². The van der Waals surface area contributed by atoms with Crippen molar-refractivity contribution >= 4 is 17.7 Å². The summed E-state index contributed by atoms with van der Waals surface area (Å²) in [4.78, 5) is 38.0. The van der Waals surface area contributed by atoms with E-state index in [9.17, 15) is 14.4 Å². The second-order valence-electron chi connectivity index (χ2n) is 6.36. The van der Waals surface area contributed by atoms with Gasteiger partial charge in [-0.3, -0.25) is 19.7 Å². The number of carbonyl (C=O) groups is 3. The molecule has 0 aliphatic carbocycles. The van der Waals surface area contributed by atoms with E-state index in [1.807, 2.05) is 6.07 Å². The summed E-state index contributed by atoms with van der Waals surface area (Å²) in [6.45, 7) is 2.17. The fourth-order valence-electron chi connectivity index (χ4n) is 3.68. The van der Waals surface area contributed by atoms with Gasteiger partial charge in [-0.1, -0.05) is 0 Å². The van der Waals surface area contributed by atoms with Crippen molar-refractivity contribution in [3.63, 3.8) is 0 Å². The SMILES string of the molecule is COc1c2c(cc3c1C(=O)N(C1CCC(=O)NC1=O)C3)CNCCO2. The molecule has 132 valence electrons. The summed E-state index contributed by atoms with van der Waals surface area (Å²) in [5.74, 6) is 0.0377. The summed E-state index contributed by atoms with van der Waals surface area (Å²) in [5.41, 5.74) is 2.21. The molecule has 25 heavy (non-hydrogen) atoms. The highest BCUT2D eigenvalue weighted by molar-refractivity contribution is 6.07. The van der Waals surface area contributed by atoms with Gasteiger partial charge in [0, 0.05) is 31.6 Å². The quantitative estimate of drug-likeness (QED) is 0.729. The number of ether oxygens (including phenoxy) is 2. The second kappa shape index (κ2) is 6.03. The van der Waals surface area contributed by atoms with Crippen LogP contribution in [0, 0.1) is 0 Å². The first-order valence-electron chi connectivity index (χ1n) is 8.31. The molecule has 1 atom stereocenters. The number of nitrogens with one attached hydrogen (secondary N) is 2. The predicted molar refractivity (Wildman–Crippen MR) is 86.2 cm³/mol. The molecule has 8 nitrogen and oxygen atoms in total. The number of nitrogens with zero attached hydrogens (tertiary/aromatic N) is 1. The van der Waals surface area contributed by atoms with Crippen LogP contribution in [0.2, 0.25) is 0 Å². The molecule has 1 aromatic rings. The van der Waals surface area contributed by atoms with Crippen LogP contribution in [0.5, 0.6) is 11.5 Å². The van der Waals surface area contributed by atoms with Crippen LogP contribution in [0.4, 0.5) is 0 Å². The van der Waals surface area contributed by atoms with E-state index in [1.54, 1.807) is 0 Å². The number of carbonyl (C=O) groups excluding carboxylic acids is 3. The van der Waals surface area contributed by atoms with Crippen molar-refractivity contribution in [3.05, 3.63) is 22.8 Å². The van der Waals surface area contributed by atoms with Crippen molar-refractivity contribution in [2.24, 2.45) is 0 Å². The number of piperidine rings is 1. The molecule has 3 aliphatic rings. The number of hydrogen-bond acceptors (Lipinski definition) is 6. The smallest absolute Gasteiger partial charge is 0.259 e. The van der Waals surface area contributed by atoms with Gasteiger partial charge in [-0.05, 0) is 18.1 Å². The Balaban J connectivity index is 1.72. The Morgan fingerprint density at radius 2 is 2.12 bits per heavy atom. The first-order valence-corrected chi connectivity index (χ1v) is 8.31. The minimum Gasteiger partial charge on any atom is -0.492 e. The zero-order chi connectivity index (χ0) is 17.6. The van der Waals surface area contributed by atoms with Crippen LogP contribution < -0.4 is 20.1 Å². The molecule has 0 saturated carbocycles. The number of benzene rings is 1. The molecule has 0 aromatic heterocycles. The molecule has 3 amide bonds. The highest BCUT2D eigenvalue weighted by atomic mass is 16.5. The van der Waals surface area contributed by atoms with Gasteiger partial charge in [0.15, 0.2) is 11.5 Å². The summed E-state index contributed by atoms with van der Waals surface area (Å²) in [6.07, 6.45) is 0.571. The van der Waals surface area contributed by atoms with Crippen LogP contribution in [0.1, 0.15) is 34.3 Å². The van der Waals surface area contributed by atoms with Gasteiger partial charge in [0.05, 0.1) is 12.7 Å². The van der Waals surface area contributed by atoms with E-state index in [4.69, 9.17) is 9.47 Å². The molecular formula is C17H19N3O5. The lowest BCUT2D eigenvalue weighted by Gasteiger charge is -2.29. The Morgan fingerprint density at radius 1 is 1.28 bits per heavy atom. The highest BCUT2D eigenvalue weighted by Gasteiger charge is 2.42. The third kappa shape index (κ3) is 2.53. The lowest BCUT2D eigenvalue weighted by Crippen LogP contribution is -2.52. The van der Waals surface area contributed by atoms with Gasteiger partial charge in [0.2, 0.25) is 11.8 Å². The van der Waals surface area contributed by atoms with Crippen LogP contribution in [-0.2, 0) is 22.7 Å². The van der Waals surface area contributed by atoms with Crippen molar-refractivity contribution in [2.75, 3.05) is 20.3 Å². The number of amides is 3. The van der Waals surface area contributed by atoms with Gasteiger partial charge in [-0.15, -0.1) is 0 Å². The fraction of sp³-hybridized carbons (Fsp3) is 0.471. The second-order valence-corrected chi connectivity index (χ2v) is 6.36. The summed E-state index contributed by atoms with van der Waals surface area (Å²) in [6, 6.07) is 1.30. The zero-order valence-corrected chi connectivity index (χ0v) is 13.9. The third-order valence-electron chi connectivity index (χ3n) is 4.84. The van der Waals surface area contributed by atoms with Crippen molar-refractivity contribution in [1.29, 1.82) is 0 Å². The number of hydrogen-bond donors (Lipinski definition) is 2. The van der Waals surface area contributed by atoms with E-state index in [-0.39, 0.29) is 18.2 Å². The van der Waals surface area contributed by atoms with Gasteiger partial charge < -0.3 is 19.7 Å². The molecule has 8 heteroatoms. The maximum atomic E-state index is 13.0. The van der Waals surface area contributed by atoms with E-state index in [2.05, 4.69) is 10.6 Å². The highest BCUT2D eigenvalue weighted by Crippen LogP contribution is 2.42. The molecule has 3 heterocycles. The lowest BCUT2D eigenvalue weighted by molar-refractivity contribution is -0.136. The largest absolute Gasteiger partial charge is 0.492 e. The monoisotopic (exact) mass is 345 g/mol. The number of rotatable bonds is 2. The summed E-state index contributed by atoms with van der Waals surface area (Å²) >= 11 is 0. The van der Waals surface area contributed by atoms with Crippen molar-refractivity contribution in [1.82, 2.24) is 15.5 Å². The molecule has 0 radical (unpaired) electrons. The molecule has 1 fully saturated rings. The molecule has 1 unspecified atom stereocenters. The minimum atomic E-state index is -0.638. The lowest BCUT2D eigenvalue weighted by atomic mass is 10.0.